The molecule has 1 aliphatic rings. The van der Waals surface area contributed by atoms with Crippen LogP contribution in [0.1, 0.15) is 11.1 Å². The number of rotatable bonds is 7. The lowest BCUT2D eigenvalue weighted by Gasteiger charge is -2.26. The SMILES string of the molecule is COc1ccc(N2C(=O)NC(=O)/C(=C\c3cc(I)c(OCc4ccccc4Cl)c(OC)c3)C2=O)cc1. The van der Waals surface area contributed by atoms with E-state index < -0.39 is 17.8 Å². The summed E-state index contributed by atoms with van der Waals surface area (Å²) in [4.78, 5) is 39.1. The summed E-state index contributed by atoms with van der Waals surface area (Å²) in [6.07, 6.45) is 1.41. The van der Waals surface area contributed by atoms with Crippen LogP contribution in [0.4, 0.5) is 10.5 Å². The first kappa shape index (κ1) is 25.5. The number of urea groups is 1. The Balaban J connectivity index is 1.64. The van der Waals surface area contributed by atoms with E-state index in [9.17, 15) is 14.4 Å². The molecule has 0 spiro atoms. The van der Waals surface area contributed by atoms with E-state index in [1.807, 2.05) is 18.2 Å². The van der Waals surface area contributed by atoms with Crippen molar-refractivity contribution in [2.75, 3.05) is 19.1 Å². The smallest absolute Gasteiger partial charge is 0.335 e. The fraction of sp³-hybridized carbons (Fsp3) is 0.115. The van der Waals surface area contributed by atoms with E-state index in [1.165, 1.54) is 20.3 Å². The van der Waals surface area contributed by atoms with Crippen LogP contribution < -0.4 is 24.4 Å². The number of methoxy groups -OCH3 is 2. The Bertz CT molecular complexity index is 1370. The molecule has 0 radical (unpaired) electrons. The van der Waals surface area contributed by atoms with Crippen molar-refractivity contribution >= 4 is 63.8 Å². The molecule has 0 aromatic heterocycles. The van der Waals surface area contributed by atoms with Crippen molar-refractivity contribution < 1.29 is 28.6 Å². The molecule has 0 unspecified atom stereocenters. The minimum atomic E-state index is -0.831. The van der Waals surface area contributed by atoms with Crippen molar-refractivity contribution in [2.45, 2.75) is 6.61 Å². The molecule has 3 aromatic rings. The second kappa shape index (κ2) is 11.0. The normalized spacial score (nSPS) is 14.6. The van der Waals surface area contributed by atoms with E-state index in [4.69, 9.17) is 25.8 Å². The number of ether oxygens (including phenoxy) is 3. The maximum atomic E-state index is 13.2. The van der Waals surface area contributed by atoms with Gasteiger partial charge in [-0.15, -0.1) is 0 Å². The minimum absolute atomic E-state index is 0.201. The van der Waals surface area contributed by atoms with E-state index >= 15 is 0 Å². The highest BCUT2D eigenvalue weighted by Crippen LogP contribution is 2.36. The molecule has 0 bridgehead atoms. The standard InChI is InChI=1S/C26H20ClIN2O6/c1-34-18-9-7-17(8-10-18)30-25(32)19(24(31)29-26(30)33)11-15-12-21(28)23(22(13-15)35-2)36-14-16-5-3-4-6-20(16)27/h3-13H,14H2,1-2H3,(H,29,31,33)/b19-11+. The van der Waals surface area contributed by atoms with E-state index in [1.54, 1.807) is 42.5 Å². The Labute approximate surface area is 225 Å². The van der Waals surface area contributed by atoms with Crippen molar-refractivity contribution in [1.82, 2.24) is 5.32 Å². The number of benzene rings is 3. The topological polar surface area (TPSA) is 94.2 Å². The summed E-state index contributed by atoms with van der Waals surface area (Å²) in [5, 5.41) is 2.80. The molecule has 0 saturated carbocycles. The van der Waals surface area contributed by atoms with E-state index in [0.29, 0.717) is 37.1 Å². The maximum absolute atomic E-state index is 13.2. The molecule has 4 rings (SSSR count). The number of barbiturate groups is 1. The Morgan fingerprint density at radius 1 is 1.00 bits per heavy atom. The van der Waals surface area contributed by atoms with E-state index in [2.05, 4.69) is 27.9 Å². The van der Waals surface area contributed by atoms with Gasteiger partial charge >= 0.3 is 6.03 Å². The molecule has 0 atom stereocenters. The van der Waals surface area contributed by atoms with Crippen LogP contribution in [-0.4, -0.2) is 32.1 Å². The zero-order chi connectivity index (χ0) is 25.8. The number of carbonyl (C=O) groups is 3. The second-order valence-electron chi connectivity index (χ2n) is 7.57. The number of nitrogens with one attached hydrogen (secondary N) is 1. The van der Waals surface area contributed by atoms with Crippen LogP contribution >= 0.6 is 34.2 Å². The van der Waals surface area contributed by atoms with Crippen LogP contribution in [0, 0.1) is 3.57 Å². The summed E-state index contributed by atoms with van der Waals surface area (Å²) in [7, 11) is 3.00. The molecule has 8 nitrogen and oxygen atoms in total. The number of carbonyl (C=O) groups excluding carboxylic acids is 3. The summed E-state index contributed by atoms with van der Waals surface area (Å²) < 4.78 is 17.3. The lowest BCUT2D eigenvalue weighted by atomic mass is 10.1. The Hall–Kier alpha value is -3.57. The Kier molecular flexibility index (Phi) is 7.80. The van der Waals surface area contributed by atoms with Crippen LogP contribution in [0.5, 0.6) is 17.2 Å². The van der Waals surface area contributed by atoms with Crippen LogP contribution in [0.3, 0.4) is 0 Å². The van der Waals surface area contributed by atoms with Gasteiger partial charge in [0.15, 0.2) is 11.5 Å². The van der Waals surface area contributed by atoms with E-state index in [0.717, 1.165) is 10.5 Å². The van der Waals surface area contributed by atoms with Crippen LogP contribution in [0.15, 0.2) is 66.2 Å². The average Bonchev–Trinajstić information content (AvgIpc) is 2.86. The molecule has 3 aromatic carbocycles. The predicted molar refractivity (Wildman–Crippen MR) is 143 cm³/mol. The third-order valence-corrected chi connectivity index (χ3v) is 6.49. The Morgan fingerprint density at radius 3 is 2.39 bits per heavy atom. The van der Waals surface area contributed by atoms with Crippen molar-refractivity contribution in [3.63, 3.8) is 0 Å². The summed E-state index contributed by atoms with van der Waals surface area (Å²) in [6.45, 7) is 0.228. The lowest BCUT2D eigenvalue weighted by Crippen LogP contribution is -2.54. The van der Waals surface area contributed by atoms with Gasteiger partial charge in [-0.05, 0) is 76.7 Å². The molecular formula is C26H20ClIN2O6. The molecular weight excluding hydrogens is 599 g/mol. The number of halogens is 2. The highest BCUT2D eigenvalue weighted by atomic mass is 127. The van der Waals surface area contributed by atoms with Gasteiger partial charge in [0.05, 0.1) is 23.5 Å². The molecule has 184 valence electrons. The summed E-state index contributed by atoms with van der Waals surface area (Å²) in [6, 6.07) is 16.3. The highest BCUT2D eigenvalue weighted by molar-refractivity contribution is 14.1. The molecule has 4 amide bonds. The van der Waals surface area contributed by atoms with Crippen molar-refractivity contribution in [3.8, 4) is 17.2 Å². The van der Waals surface area contributed by atoms with Crippen LogP contribution in [0.2, 0.25) is 5.02 Å². The molecule has 1 aliphatic heterocycles. The third kappa shape index (κ3) is 5.31. The van der Waals surface area contributed by atoms with E-state index in [-0.39, 0.29) is 12.2 Å². The summed E-state index contributed by atoms with van der Waals surface area (Å²) >= 11 is 8.31. The largest absolute Gasteiger partial charge is 0.497 e. The zero-order valence-corrected chi connectivity index (χ0v) is 22.1. The van der Waals surface area contributed by atoms with Gasteiger partial charge in [0, 0.05) is 10.6 Å². The van der Waals surface area contributed by atoms with Gasteiger partial charge in [-0.25, -0.2) is 9.69 Å². The molecule has 36 heavy (non-hydrogen) atoms. The first-order valence-electron chi connectivity index (χ1n) is 10.6. The number of hydrogen-bond acceptors (Lipinski definition) is 6. The van der Waals surface area contributed by atoms with Crippen LogP contribution in [-0.2, 0) is 16.2 Å². The van der Waals surface area contributed by atoms with Gasteiger partial charge < -0.3 is 14.2 Å². The molecule has 1 fully saturated rings. The maximum Gasteiger partial charge on any atom is 0.335 e. The average molecular weight is 619 g/mol. The van der Waals surface area contributed by atoms with Crippen LogP contribution in [0.25, 0.3) is 6.08 Å². The fourth-order valence-corrected chi connectivity index (χ4v) is 4.49. The number of hydrogen-bond donors (Lipinski definition) is 1. The fourth-order valence-electron chi connectivity index (χ4n) is 3.52. The first-order chi connectivity index (χ1) is 17.3. The zero-order valence-electron chi connectivity index (χ0n) is 19.2. The van der Waals surface area contributed by atoms with Crippen molar-refractivity contribution in [2.24, 2.45) is 0 Å². The molecule has 1 saturated heterocycles. The second-order valence-corrected chi connectivity index (χ2v) is 9.14. The predicted octanol–water partition coefficient (Wildman–Crippen LogP) is 5.21. The number of anilines is 1. The molecule has 1 N–H and O–H groups in total. The van der Waals surface area contributed by atoms with Gasteiger partial charge in [-0.2, -0.15) is 0 Å². The minimum Gasteiger partial charge on any atom is -0.497 e. The monoisotopic (exact) mass is 618 g/mol. The third-order valence-electron chi connectivity index (χ3n) is 5.32. The van der Waals surface area contributed by atoms with Gasteiger partial charge in [0.1, 0.15) is 17.9 Å². The summed E-state index contributed by atoms with van der Waals surface area (Å²) in [5.41, 5.74) is 1.43. The first-order valence-corrected chi connectivity index (χ1v) is 12.1. The van der Waals surface area contributed by atoms with Crippen molar-refractivity contribution in [1.29, 1.82) is 0 Å². The van der Waals surface area contributed by atoms with Gasteiger partial charge in [-0.3, -0.25) is 14.9 Å². The molecule has 10 heteroatoms. The Morgan fingerprint density at radius 2 is 1.72 bits per heavy atom. The van der Waals surface area contributed by atoms with Gasteiger partial charge in [0.2, 0.25) is 0 Å². The lowest BCUT2D eigenvalue weighted by molar-refractivity contribution is -0.122. The molecule has 0 aliphatic carbocycles. The number of imide groups is 2. The molecule has 1 heterocycles. The van der Waals surface area contributed by atoms with Crippen molar-refractivity contribution in [3.05, 3.63) is 86.0 Å². The quantitative estimate of drug-likeness (QED) is 0.222. The number of amides is 4. The van der Waals surface area contributed by atoms with Gasteiger partial charge in [0.25, 0.3) is 11.8 Å². The number of nitrogens with zero attached hydrogens (tertiary/aromatic N) is 1. The summed E-state index contributed by atoms with van der Waals surface area (Å²) in [5.74, 6) is -0.0686. The highest BCUT2D eigenvalue weighted by Gasteiger charge is 2.36. The van der Waals surface area contributed by atoms with Gasteiger partial charge in [-0.1, -0.05) is 29.8 Å².